The number of benzene rings is 1. The smallest absolute Gasteiger partial charge is 0.160 e. The van der Waals surface area contributed by atoms with E-state index in [1.165, 1.54) is 0 Å². The van der Waals surface area contributed by atoms with Crippen molar-refractivity contribution in [2.75, 3.05) is 19.7 Å². The lowest BCUT2D eigenvalue weighted by molar-refractivity contribution is 0.199. The Hall–Kier alpha value is -2.77. The number of thiazole rings is 1. The molecule has 0 unspecified atom stereocenters. The predicted octanol–water partition coefficient (Wildman–Crippen LogP) is 4.63. The van der Waals surface area contributed by atoms with Crippen LogP contribution in [0.25, 0.3) is 16.2 Å². The quantitative estimate of drug-likeness (QED) is 0.456. The number of piperidine rings is 1. The van der Waals surface area contributed by atoms with Crippen LogP contribution in [0.4, 0.5) is 0 Å². The normalized spacial score (nSPS) is 15.6. The zero-order valence-corrected chi connectivity index (χ0v) is 17.9. The van der Waals surface area contributed by atoms with Crippen molar-refractivity contribution in [3.8, 4) is 16.3 Å². The van der Waals surface area contributed by atoms with Crippen molar-refractivity contribution in [3.63, 3.8) is 0 Å². The van der Waals surface area contributed by atoms with Gasteiger partial charge in [-0.05, 0) is 69.3 Å². The summed E-state index contributed by atoms with van der Waals surface area (Å²) >= 11 is 1.71. The molecule has 3 aromatic heterocycles. The Morgan fingerprint density at radius 2 is 1.90 bits per heavy atom. The van der Waals surface area contributed by atoms with Crippen molar-refractivity contribution >= 4 is 17.0 Å². The molecule has 1 fully saturated rings. The van der Waals surface area contributed by atoms with Gasteiger partial charge in [-0.15, -0.1) is 21.5 Å². The van der Waals surface area contributed by atoms with Crippen LogP contribution in [0.5, 0.6) is 5.75 Å². The molecule has 1 aliphatic rings. The highest BCUT2D eigenvalue weighted by atomic mass is 32.1. The Morgan fingerprint density at radius 1 is 1.07 bits per heavy atom. The van der Waals surface area contributed by atoms with Crippen LogP contribution in [0.3, 0.4) is 0 Å². The summed E-state index contributed by atoms with van der Waals surface area (Å²) in [6.07, 6.45) is 4.27. The lowest BCUT2D eigenvalue weighted by Gasteiger charge is -2.30. The molecule has 0 bridgehead atoms. The van der Waals surface area contributed by atoms with E-state index in [-0.39, 0.29) is 0 Å². The van der Waals surface area contributed by atoms with Gasteiger partial charge < -0.3 is 4.74 Å². The van der Waals surface area contributed by atoms with E-state index >= 15 is 0 Å². The molecule has 0 radical (unpaired) electrons. The topological polar surface area (TPSA) is 55.5 Å². The van der Waals surface area contributed by atoms with Crippen LogP contribution < -0.4 is 4.74 Å². The summed E-state index contributed by atoms with van der Waals surface area (Å²) in [4.78, 5) is 7.37. The highest BCUT2D eigenvalue weighted by molar-refractivity contribution is 7.13. The number of aromatic nitrogens is 4. The molecule has 154 valence electrons. The molecule has 7 heteroatoms. The molecule has 0 saturated carbocycles. The van der Waals surface area contributed by atoms with E-state index in [0.717, 1.165) is 66.0 Å². The lowest BCUT2D eigenvalue weighted by atomic mass is 9.96. The van der Waals surface area contributed by atoms with Gasteiger partial charge in [0.15, 0.2) is 5.65 Å². The second-order valence-corrected chi connectivity index (χ2v) is 8.50. The number of rotatable bonds is 6. The first kappa shape index (κ1) is 19.2. The molecule has 30 heavy (non-hydrogen) atoms. The molecule has 0 N–H and O–H groups in total. The van der Waals surface area contributed by atoms with Crippen LogP contribution in [-0.2, 0) is 6.54 Å². The fourth-order valence-electron chi connectivity index (χ4n) is 4.09. The Labute approximate surface area is 180 Å². The Kier molecular flexibility index (Phi) is 5.46. The zero-order valence-electron chi connectivity index (χ0n) is 17.1. The summed E-state index contributed by atoms with van der Waals surface area (Å²) < 4.78 is 7.66. The van der Waals surface area contributed by atoms with E-state index < -0.39 is 0 Å². The first-order chi connectivity index (χ1) is 14.8. The standard InChI is InChI=1S/C23H25N5OS/c1-2-29-20-8-6-18(7-9-20)23-24-19(16-30-23)15-27-13-10-17(11-14-27)22-26-25-21-5-3-4-12-28(21)22/h3-9,12,16-17H,2,10-11,13-15H2,1H3. The van der Waals surface area contributed by atoms with Crippen molar-refractivity contribution < 1.29 is 4.74 Å². The predicted molar refractivity (Wildman–Crippen MR) is 119 cm³/mol. The van der Waals surface area contributed by atoms with Gasteiger partial charge in [0.1, 0.15) is 16.6 Å². The van der Waals surface area contributed by atoms with E-state index in [0.29, 0.717) is 12.5 Å². The van der Waals surface area contributed by atoms with Gasteiger partial charge in [0.25, 0.3) is 0 Å². The fraction of sp³-hybridized carbons (Fsp3) is 0.348. The van der Waals surface area contributed by atoms with E-state index in [9.17, 15) is 0 Å². The monoisotopic (exact) mass is 419 g/mol. The van der Waals surface area contributed by atoms with Crippen molar-refractivity contribution in [1.82, 2.24) is 24.5 Å². The maximum Gasteiger partial charge on any atom is 0.160 e. The van der Waals surface area contributed by atoms with Crippen LogP contribution in [0.15, 0.2) is 54.0 Å². The minimum Gasteiger partial charge on any atom is -0.494 e. The third-order valence-corrected chi connectivity index (χ3v) is 6.58. The van der Waals surface area contributed by atoms with Crippen LogP contribution >= 0.6 is 11.3 Å². The average molecular weight is 420 g/mol. The zero-order chi connectivity index (χ0) is 20.3. The summed E-state index contributed by atoms with van der Waals surface area (Å²) in [6, 6.07) is 14.3. The minimum absolute atomic E-state index is 0.466. The number of hydrogen-bond acceptors (Lipinski definition) is 6. The van der Waals surface area contributed by atoms with Gasteiger partial charge in [-0.1, -0.05) is 6.07 Å². The third kappa shape index (κ3) is 3.95. The van der Waals surface area contributed by atoms with E-state index in [1.807, 2.05) is 37.3 Å². The molecular formula is C23H25N5OS. The van der Waals surface area contributed by atoms with Gasteiger partial charge in [-0.2, -0.15) is 0 Å². The number of ether oxygens (including phenoxy) is 1. The number of pyridine rings is 1. The van der Waals surface area contributed by atoms with Gasteiger partial charge in [-0.3, -0.25) is 9.30 Å². The maximum absolute atomic E-state index is 5.53. The van der Waals surface area contributed by atoms with E-state index in [2.05, 4.69) is 43.2 Å². The largest absolute Gasteiger partial charge is 0.494 e. The van der Waals surface area contributed by atoms with Crippen molar-refractivity contribution in [3.05, 3.63) is 65.6 Å². The van der Waals surface area contributed by atoms with Crippen LogP contribution in [0, 0.1) is 0 Å². The Morgan fingerprint density at radius 3 is 2.70 bits per heavy atom. The van der Waals surface area contributed by atoms with Gasteiger partial charge in [0, 0.05) is 29.6 Å². The summed E-state index contributed by atoms with van der Waals surface area (Å²) in [7, 11) is 0. The maximum atomic E-state index is 5.53. The van der Waals surface area contributed by atoms with Crippen LogP contribution in [0.2, 0.25) is 0 Å². The van der Waals surface area contributed by atoms with Crippen molar-refractivity contribution in [2.24, 2.45) is 0 Å². The summed E-state index contributed by atoms with van der Waals surface area (Å²) in [5.74, 6) is 2.46. The highest BCUT2D eigenvalue weighted by Gasteiger charge is 2.24. The van der Waals surface area contributed by atoms with Crippen LogP contribution in [0.1, 0.15) is 37.2 Å². The molecule has 1 aliphatic heterocycles. The molecule has 6 nitrogen and oxygen atoms in total. The number of nitrogens with zero attached hydrogens (tertiary/aromatic N) is 5. The van der Waals surface area contributed by atoms with Crippen LogP contribution in [-0.4, -0.2) is 44.2 Å². The van der Waals surface area contributed by atoms with Gasteiger partial charge >= 0.3 is 0 Å². The van der Waals surface area contributed by atoms with Gasteiger partial charge in [-0.25, -0.2) is 4.98 Å². The molecule has 5 rings (SSSR count). The van der Waals surface area contributed by atoms with E-state index in [1.54, 1.807) is 11.3 Å². The molecule has 4 heterocycles. The third-order valence-electron chi connectivity index (χ3n) is 5.64. The number of hydrogen-bond donors (Lipinski definition) is 0. The number of likely N-dealkylation sites (tertiary alicyclic amines) is 1. The molecular weight excluding hydrogens is 394 g/mol. The van der Waals surface area contributed by atoms with Gasteiger partial charge in [0.2, 0.25) is 0 Å². The first-order valence-corrected chi connectivity index (χ1v) is 11.4. The molecule has 1 aromatic carbocycles. The Balaban J connectivity index is 1.20. The number of fused-ring (bicyclic) bond motifs is 1. The second kappa shape index (κ2) is 8.53. The highest BCUT2D eigenvalue weighted by Crippen LogP contribution is 2.29. The molecule has 1 saturated heterocycles. The molecule has 0 spiro atoms. The molecule has 4 aromatic rings. The summed E-state index contributed by atoms with van der Waals surface area (Å²) in [6.45, 7) is 5.70. The molecule has 0 aliphatic carbocycles. The van der Waals surface area contributed by atoms with E-state index in [4.69, 9.17) is 9.72 Å². The fourth-order valence-corrected chi connectivity index (χ4v) is 4.91. The minimum atomic E-state index is 0.466. The summed E-state index contributed by atoms with van der Waals surface area (Å²) in [5.41, 5.74) is 3.22. The first-order valence-electron chi connectivity index (χ1n) is 10.5. The lowest BCUT2D eigenvalue weighted by Crippen LogP contribution is -2.33. The SMILES string of the molecule is CCOc1ccc(-c2nc(CN3CCC(c4nnc5ccccn45)CC3)cs2)cc1. The summed E-state index contributed by atoms with van der Waals surface area (Å²) in [5, 5.41) is 12.0. The Bertz CT molecular complexity index is 1110. The van der Waals surface area contributed by atoms with Gasteiger partial charge in [0.05, 0.1) is 12.3 Å². The van der Waals surface area contributed by atoms with Crippen molar-refractivity contribution in [1.29, 1.82) is 0 Å². The van der Waals surface area contributed by atoms with Crippen molar-refractivity contribution in [2.45, 2.75) is 32.2 Å². The molecule has 0 amide bonds. The molecule has 0 atom stereocenters. The second-order valence-electron chi connectivity index (χ2n) is 7.64. The average Bonchev–Trinajstić information content (AvgIpc) is 3.43.